The van der Waals surface area contributed by atoms with Gasteiger partial charge < -0.3 is 9.84 Å². The molecule has 1 aromatic rings. The summed E-state index contributed by atoms with van der Waals surface area (Å²) in [5.41, 5.74) is -0.126. The van der Waals surface area contributed by atoms with E-state index in [0.29, 0.717) is 0 Å². The van der Waals surface area contributed by atoms with E-state index in [1.165, 1.54) is 16.2 Å². The summed E-state index contributed by atoms with van der Waals surface area (Å²) in [6, 6.07) is 1.27. The number of aromatic carboxylic acids is 1. The maximum atomic E-state index is 11.3. The molecule has 8 nitrogen and oxygen atoms in total. The van der Waals surface area contributed by atoms with E-state index in [9.17, 15) is 18.0 Å². The Balaban J connectivity index is 2.87. The molecule has 0 aliphatic carbocycles. The van der Waals surface area contributed by atoms with Gasteiger partial charge in [-0.15, -0.1) is 11.3 Å². The lowest BCUT2D eigenvalue weighted by molar-refractivity contribution is 0.0703. The zero-order valence-corrected chi connectivity index (χ0v) is 10.1. The van der Waals surface area contributed by atoms with Crippen LogP contribution in [0.2, 0.25) is 0 Å². The zero-order valence-electron chi connectivity index (χ0n) is 8.46. The monoisotopic (exact) mass is 280 g/mol. The first kappa shape index (κ1) is 13.3. The second-order valence-electron chi connectivity index (χ2n) is 2.67. The maximum Gasteiger partial charge on any atom is 0.422 e. The predicted octanol–water partition coefficient (Wildman–Crippen LogP) is 0.459. The normalized spacial score (nSPS) is 10.6. The fraction of sp³-hybridized carbons (Fsp3) is 0.143. The van der Waals surface area contributed by atoms with E-state index in [4.69, 9.17) is 5.11 Å². The van der Waals surface area contributed by atoms with Crippen LogP contribution in [0.25, 0.3) is 0 Å². The topological polar surface area (TPSA) is 122 Å². The van der Waals surface area contributed by atoms with Gasteiger partial charge in [-0.05, 0) is 11.4 Å². The van der Waals surface area contributed by atoms with Gasteiger partial charge >= 0.3 is 22.3 Å². The summed E-state index contributed by atoms with van der Waals surface area (Å²) >= 11 is 0.853. The van der Waals surface area contributed by atoms with Gasteiger partial charge in [-0.3, -0.25) is 4.72 Å². The van der Waals surface area contributed by atoms with Crippen molar-refractivity contribution in [3.63, 3.8) is 0 Å². The molecule has 0 aliphatic heterocycles. The fourth-order valence-corrected chi connectivity index (χ4v) is 2.44. The summed E-state index contributed by atoms with van der Waals surface area (Å²) in [6.45, 7) is 0. The number of carbonyl (C=O) groups is 2. The zero-order chi connectivity index (χ0) is 13.1. The van der Waals surface area contributed by atoms with Crippen molar-refractivity contribution in [3.8, 4) is 0 Å². The molecule has 0 unspecified atom stereocenters. The van der Waals surface area contributed by atoms with Gasteiger partial charge in [0, 0.05) is 0 Å². The van der Waals surface area contributed by atoms with Gasteiger partial charge in [-0.25, -0.2) is 14.3 Å². The molecule has 1 rings (SSSR count). The highest BCUT2D eigenvalue weighted by Gasteiger charge is 2.19. The average molecular weight is 280 g/mol. The highest BCUT2D eigenvalue weighted by atomic mass is 32.2. The summed E-state index contributed by atoms with van der Waals surface area (Å²) in [5.74, 6) is -1.27. The van der Waals surface area contributed by atoms with Crippen molar-refractivity contribution in [2.45, 2.75) is 0 Å². The van der Waals surface area contributed by atoms with Crippen LogP contribution in [0.3, 0.4) is 0 Å². The van der Waals surface area contributed by atoms with E-state index < -0.39 is 22.3 Å². The van der Waals surface area contributed by atoms with Gasteiger partial charge in [0.2, 0.25) is 0 Å². The van der Waals surface area contributed by atoms with Gasteiger partial charge in [0.15, 0.2) is 0 Å². The minimum absolute atomic E-state index is 0.126. The summed E-state index contributed by atoms with van der Waals surface area (Å²) in [5, 5.41) is 10.1. The van der Waals surface area contributed by atoms with E-state index in [-0.39, 0.29) is 10.6 Å². The predicted molar refractivity (Wildman–Crippen MR) is 59.4 cm³/mol. The SMILES string of the molecule is COC(=O)NS(=O)(=O)Nc1ccsc1C(=O)O. The number of carboxylic acids is 1. The van der Waals surface area contributed by atoms with Crippen LogP contribution in [-0.2, 0) is 14.9 Å². The number of methoxy groups -OCH3 is 1. The van der Waals surface area contributed by atoms with E-state index in [1.54, 1.807) is 0 Å². The number of anilines is 1. The average Bonchev–Trinajstić information content (AvgIpc) is 2.64. The van der Waals surface area contributed by atoms with Crippen molar-refractivity contribution >= 4 is 39.3 Å². The third-order valence-corrected chi connectivity index (χ3v) is 3.33. The van der Waals surface area contributed by atoms with Crippen LogP contribution in [0.4, 0.5) is 10.5 Å². The third kappa shape index (κ3) is 3.60. The first-order valence-electron chi connectivity index (χ1n) is 4.05. The van der Waals surface area contributed by atoms with E-state index >= 15 is 0 Å². The first-order chi connectivity index (χ1) is 7.85. The fourth-order valence-electron chi connectivity index (χ4n) is 0.877. The van der Waals surface area contributed by atoms with E-state index in [0.717, 1.165) is 18.4 Å². The Labute approximate surface area is 100 Å². The summed E-state index contributed by atoms with van der Waals surface area (Å²) in [7, 11) is -3.20. The van der Waals surface area contributed by atoms with Crippen molar-refractivity contribution in [2.24, 2.45) is 0 Å². The largest absolute Gasteiger partial charge is 0.477 e. The van der Waals surface area contributed by atoms with Crippen LogP contribution in [0.15, 0.2) is 11.4 Å². The molecule has 0 spiro atoms. The molecule has 1 aromatic heterocycles. The summed E-state index contributed by atoms with van der Waals surface area (Å²) in [6.07, 6.45) is -1.18. The second kappa shape index (κ2) is 5.01. The number of amides is 1. The number of hydrogen-bond acceptors (Lipinski definition) is 6. The van der Waals surface area contributed by atoms with Gasteiger partial charge in [0.1, 0.15) is 4.88 Å². The van der Waals surface area contributed by atoms with Crippen LogP contribution in [0, 0.1) is 0 Å². The Hall–Kier alpha value is -1.81. The number of hydrogen-bond donors (Lipinski definition) is 3. The number of carboxylic acid groups (broad SMARTS) is 1. The molecule has 0 fully saturated rings. The molecule has 0 aromatic carbocycles. The molecule has 1 heterocycles. The molecule has 1 amide bonds. The van der Waals surface area contributed by atoms with Crippen molar-refractivity contribution in [2.75, 3.05) is 11.8 Å². The van der Waals surface area contributed by atoms with Gasteiger partial charge in [-0.2, -0.15) is 8.42 Å². The van der Waals surface area contributed by atoms with Gasteiger partial charge in [-0.1, -0.05) is 0 Å². The molecular weight excluding hydrogens is 272 g/mol. The van der Waals surface area contributed by atoms with Crippen molar-refractivity contribution < 1.29 is 27.9 Å². The van der Waals surface area contributed by atoms with Gasteiger partial charge in [0.25, 0.3) is 0 Å². The molecule has 0 saturated heterocycles. The summed E-state index contributed by atoms with van der Waals surface area (Å²) in [4.78, 5) is 21.2. The van der Waals surface area contributed by atoms with E-state index in [1.807, 2.05) is 4.72 Å². The number of ether oxygens (including phenoxy) is 1. The minimum atomic E-state index is -4.20. The van der Waals surface area contributed by atoms with Crippen LogP contribution in [0.1, 0.15) is 9.67 Å². The molecule has 0 saturated carbocycles. The summed E-state index contributed by atoms with van der Waals surface area (Å²) < 4.78 is 30.2. The minimum Gasteiger partial charge on any atom is -0.477 e. The Morgan fingerprint density at radius 3 is 2.65 bits per heavy atom. The molecule has 0 radical (unpaired) electrons. The highest BCUT2D eigenvalue weighted by molar-refractivity contribution is 7.91. The Morgan fingerprint density at radius 1 is 1.47 bits per heavy atom. The molecule has 0 atom stereocenters. The Kier molecular flexibility index (Phi) is 3.91. The molecule has 17 heavy (non-hydrogen) atoms. The van der Waals surface area contributed by atoms with Crippen molar-refractivity contribution in [3.05, 3.63) is 16.3 Å². The van der Waals surface area contributed by atoms with Crippen molar-refractivity contribution in [1.29, 1.82) is 0 Å². The standard InChI is InChI=1S/C7H8N2O6S2/c1-15-7(12)9-17(13,14)8-4-2-3-16-5(4)6(10)11/h2-3,8H,1H3,(H,9,12)(H,10,11). The van der Waals surface area contributed by atoms with Crippen LogP contribution in [0.5, 0.6) is 0 Å². The smallest absolute Gasteiger partial charge is 0.422 e. The maximum absolute atomic E-state index is 11.3. The van der Waals surface area contributed by atoms with Crippen molar-refractivity contribution in [1.82, 2.24) is 4.72 Å². The lowest BCUT2D eigenvalue weighted by Crippen LogP contribution is -2.35. The molecule has 94 valence electrons. The quantitative estimate of drug-likeness (QED) is 0.736. The van der Waals surface area contributed by atoms with Crippen LogP contribution < -0.4 is 9.44 Å². The number of carbonyl (C=O) groups excluding carboxylic acids is 1. The lowest BCUT2D eigenvalue weighted by atomic mass is 10.4. The first-order valence-corrected chi connectivity index (χ1v) is 6.41. The number of thiophene rings is 1. The molecular formula is C7H8N2O6S2. The lowest BCUT2D eigenvalue weighted by Gasteiger charge is -2.07. The highest BCUT2D eigenvalue weighted by Crippen LogP contribution is 2.22. The second-order valence-corrected chi connectivity index (χ2v) is 5.00. The van der Waals surface area contributed by atoms with Crippen LogP contribution in [-0.4, -0.2) is 32.7 Å². The number of rotatable bonds is 4. The van der Waals surface area contributed by atoms with E-state index in [2.05, 4.69) is 4.74 Å². The van der Waals surface area contributed by atoms with Gasteiger partial charge in [0.05, 0.1) is 12.8 Å². The Morgan fingerprint density at radius 2 is 2.12 bits per heavy atom. The molecule has 3 N–H and O–H groups in total. The van der Waals surface area contributed by atoms with Crippen LogP contribution >= 0.6 is 11.3 Å². The number of nitrogens with one attached hydrogen (secondary N) is 2. The third-order valence-electron chi connectivity index (χ3n) is 1.51. The molecule has 0 bridgehead atoms. The molecule has 0 aliphatic rings. The molecule has 10 heteroatoms. The Bertz CT molecular complexity index is 534.